The van der Waals surface area contributed by atoms with Crippen LogP contribution in [-0.4, -0.2) is 53.9 Å². The summed E-state index contributed by atoms with van der Waals surface area (Å²) in [6.07, 6.45) is -5.08. The van der Waals surface area contributed by atoms with Gasteiger partial charge in [0.15, 0.2) is 12.2 Å². The van der Waals surface area contributed by atoms with Crippen LogP contribution in [0.5, 0.6) is 0 Å². The topological polar surface area (TPSA) is 114 Å². The number of rotatable bonds is 4. The maximum atomic E-state index is 11.3. The lowest BCUT2D eigenvalue weighted by Crippen LogP contribution is -2.60. The molecule has 1 unspecified atom stereocenters. The van der Waals surface area contributed by atoms with E-state index in [4.69, 9.17) is 23.7 Å². The van der Waals surface area contributed by atoms with Crippen LogP contribution < -0.4 is 0 Å². The summed E-state index contributed by atoms with van der Waals surface area (Å²) in [5, 5.41) is 0. The van der Waals surface area contributed by atoms with Gasteiger partial charge in [-0.2, -0.15) is 0 Å². The minimum Gasteiger partial charge on any atom is -0.455 e. The summed E-state index contributed by atoms with van der Waals surface area (Å²) in [6, 6.07) is 0. The number of thiol groups is 1. The first-order chi connectivity index (χ1) is 10.6. The maximum Gasteiger partial charge on any atom is 0.305 e. The summed E-state index contributed by atoms with van der Waals surface area (Å²) in [5.74, 6) is -2.83. The summed E-state index contributed by atoms with van der Waals surface area (Å²) >= 11 is 4.10. The Morgan fingerprint density at radius 2 is 1.09 bits per heavy atom. The van der Waals surface area contributed by atoms with E-state index in [1.54, 1.807) is 0 Å². The SMILES string of the molecule is CC(=O)OC1[C@@H](OC(C)=O)O[C@@H](S)[C@H](OC(C)=O)[C@H]1OC(C)=O. The maximum absolute atomic E-state index is 11.3. The van der Waals surface area contributed by atoms with Crippen molar-refractivity contribution < 1.29 is 42.9 Å². The zero-order chi connectivity index (χ0) is 17.7. The summed E-state index contributed by atoms with van der Waals surface area (Å²) in [4.78, 5) is 45.0. The number of esters is 4. The van der Waals surface area contributed by atoms with Gasteiger partial charge in [-0.15, -0.1) is 12.6 Å². The van der Waals surface area contributed by atoms with Crippen LogP contribution in [-0.2, 0) is 42.9 Å². The highest BCUT2D eigenvalue weighted by Gasteiger charge is 2.52. The lowest BCUT2D eigenvalue weighted by atomic mass is 10.0. The number of ether oxygens (including phenoxy) is 5. The lowest BCUT2D eigenvalue weighted by molar-refractivity contribution is -0.280. The van der Waals surface area contributed by atoms with Crippen LogP contribution in [0.25, 0.3) is 0 Å². The zero-order valence-electron chi connectivity index (χ0n) is 13.0. The highest BCUT2D eigenvalue weighted by molar-refractivity contribution is 7.80. The van der Waals surface area contributed by atoms with Gasteiger partial charge in [0.2, 0.25) is 12.4 Å². The smallest absolute Gasteiger partial charge is 0.305 e. The molecule has 1 rings (SSSR count). The third-order valence-electron chi connectivity index (χ3n) is 2.66. The molecule has 1 fully saturated rings. The molecule has 1 aliphatic heterocycles. The highest BCUT2D eigenvalue weighted by Crippen LogP contribution is 2.30. The second-order valence-corrected chi connectivity index (χ2v) is 5.24. The van der Waals surface area contributed by atoms with Crippen molar-refractivity contribution in [2.75, 3.05) is 0 Å². The molecule has 1 heterocycles. The first kappa shape index (κ1) is 19.2. The third-order valence-corrected chi connectivity index (χ3v) is 3.07. The van der Waals surface area contributed by atoms with Crippen molar-refractivity contribution in [1.29, 1.82) is 0 Å². The van der Waals surface area contributed by atoms with Gasteiger partial charge in [-0.25, -0.2) is 0 Å². The summed E-state index contributed by atoms with van der Waals surface area (Å²) in [6.45, 7) is 4.51. The highest BCUT2D eigenvalue weighted by atomic mass is 32.1. The largest absolute Gasteiger partial charge is 0.455 e. The molecule has 5 atom stereocenters. The quantitative estimate of drug-likeness (QED) is 0.423. The average Bonchev–Trinajstić information content (AvgIpc) is 2.36. The molecule has 10 heteroatoms. The van der Waals surface area contributed by atoms with Gasteiger partial charge >= 0.3 is 23.9 Å². The van der Waals surface area contributed by atoms with Gasteiger partial charge in [0.1, 0.15) is 5.44 Å². The van der Waals surface area contributed by atoms with Crippen molar-refractivity contribution in [3.05, 3.63) is 0 Å². The molecule has 0 radical (unpaired) electrons. The van der Waals surface area contributed by atoms with Gasteiger partial charge in [0, 0.05) is 27.7 Å². The standard InChI is InChI=1S/C13H18O9S/c1-5(14)18-9-10(19-6(2)15)12(21-8(4)17)22-13(23)11(9)20-7(3)16/h9-13,23H,1-4H3/t9-,10?,11+,12-,13-/m0/s1. The molecule has 0 amide bonds. The Morgan fingerprint density at radius 1 is 0.696 bits per heavy atom. The van der Waals surface area contributed by atoms with Crippen molar-refractivity contribution >= 4 is 36.5 Å². The Hall–Kier alpha value is -1.81. The van der Waals surface area contributed by atoms with E-state index in [0.29, 0.717) is 0 Å². The van der Waals surface area contributed by atoms with E-state index in [-0.39, 0.29) is 0 Å². The Labute approximate surface area is 137 Å². The number of carbonyl (C=O) groups excluding carboxylic acids is 4. The van der Waals surface area contributed by atoms with Gasteiger partial charge in [-0.05, 0) is 0 Å². The van der Waals surface area contributed by atoms with Crippen molar-refractivity contribution in [2.45, 2.75) is 57.7 Å². The lowest BCUT2D eigenvalue weighted by Gasteiger charge is -2.42. The fourth-order valence-corrected chi connectivity index (χ4v) is 2.36. The van der Waals surface area contributed by atoms with Crippen molar-refractivity contribution in [3.63, 3.8) is 0 Å². The van der Waals surface area contributed by atoms with Gasteiger partial charge in [0.25, 0.3) is 0 Å². The van der Waals surface area contributed by atoms with E-state index in [1.165, 1.54) is 0 Å². The second-order valence-electron chi connectivity index (χ2n) is 4.73. The van der Waals surface area contributed by atoms with E-state index in [2.05, 4.69) is 12.6 Å². The molecule has 0 aromatic heterocycles. The summed E-state index contributed by atoms with van der Waals surface area (Å²) < 4.78 is 25.4. The molecular formula is C13H18O9S. The molecule has 23 heavy (non-hydrogen) atoms. The van der Waals surface area contributed by atoms with Crippen LogP contribution in [0.3, 0.4) is 0 Å². The van der Waals surface area contributed by atoms with Crippen molar-refractivity contribution in [1.82, 2.24) is 0 Å². The summed E-state index contributed by atoms with van der Waals surface area (Å²) in [7, 11) is 0. The van der Waals surface area contributed by atoms with Crippen LogP contribution in [0.15, 0.2) is 0 Å². The van der Waals surface area contributed by atoms with E-state index >= 15 is 0 Å². The van der Waals surface area contributed by atoms with Gasteiger partial charge in [-0.3, -0.25) is 19.2 Å². The predicted molar refractivity (Wildman–Crippen MR) is 76.1 cm³/mol. The van der Waals surface area contributed by atoms with Crippen LogP contribution in [0, 0.1) is 0 Å². The molecule has 0 aromatic rings. The summed E-state index contributed by atoms with van der Waals surface area (Å²) in [5.41, 5.74) is -1.07. The number of carbonyl (C=O) groups is 4. The molecule has 0 spiro atoms. The van der Waals surface area contributed by atoms with E-state index < -0.39 is 53.9 Å². The van der Waals surface area contributed by atoms with Crippen LogP contribution in [0.2, 0.25) is 0 Å². The molecule has 9 nitrogen and oxygen atoms in total. The van der Waals surface area contributed by atoms with E-state index in [1.807, 2.05) is 0 Å². The number of hydrogen-bond donors (Lipinski definition) is 1. The second kappa shape index (κ2) is 8.16. The molecule has 0 aliphatic carbocycles. The molecular weight excluding hydrogens is 332 g/mol. The number of hydrogen-bond acceptors (Lipinski definition) is 10. The van der Waals surface area contributed by atoms with Crippen LogP contribution in [0.1, 0.15) is 27.7 Å². The normalized spacial score (nSPS) is 30.0. The van der Waals surface area contributed by atoms with Crippen LogP contribution in [0.4, 0.5) is 0 Å². The van der Waals surface area contributed by atoms with Crippen molar-refractivity contribution in [3.8, 4) is 0 Å². The van der Waals surface area contributed by atoms with Gasteiger partial charge < -0.3 is 23.7 Å². The minimum absolute atomic E-state index is 0.678. The fourth-order valence-electron chi connectivity index (χ4n) is 2.01. The van der Waals surface area contributed by atoms with Gasteiger partial charge in [0.05, 0.1) is 0 Å². The molecule has 0 N–H and O–H groups in total. The third kappa shape index (κ3) is 5.71. The molecule has 1 saturated heterocycles. The minimum atomic E-state index is -1.37. The average molecular weight is 350 g/mol. The monoisotopic (exact) mass is 350 g/mol. The van der Waals surface area contributed by atoms with Crippen LogP contribution >= 0.6 is 12.6 Å². The molecule has 0 bridgehead atoms. The predicted octanol–water partition coefficient (Wildman–Crippen LogP) is -0.0432. The molecule has 1 aliphatic rings. The Morgan fingerprint density at radius 3 is 1.52 bits per heavy atom. The Bertz CT molecular complexity index is 492. The first-order valence-corrected chi connectivity index (χ1v) is 7.16. The molecule has 130 valence electrons. The zero-order valence-corrected chi connectivity index (χ0v) is 13.9. The Balaban J connectivity index is 3.15. The molecule has 0 saturated carbocycles. The molecule has 0 aromatic carbocycles. The van der Waals surface area contributed by atoms with E-state index in [0.717, 1.165) is 27.7 Å². The first-order valence-electron chi connectivity index (χ1n) is 6.64. The Kier molecular flexibility index (Phi) is 6.82. The van der Waals surface area contributed by atoms with Gasteiger partial charge in [-0.1, -0.05) is 0 Å². The fraction of sp³-hybridized carbons (Fsp3) is 0.692. The van der Waals surface area contributed by atoms with Crippen molar-refractivity contribution in [2.24, 2.45) is 0 Å². The van der Waals surface area contributed by atoms with E-state index in [9.17, 15) is 19.2 Å².